The van der Waals surface area contributed by atoms with Crippen molar-refractivity contribution in [2.75, 3.05) is 0 Å². The second-order valence-corrected chi connectivity index (χ2v) is 6.52. The lowest BCUT2D eigenvalue weighted by Gasteiger charge is -2.04. The number of carbonyl (C=O) groups excluding carboxylic acids is 1. The molecular weight excluding hydrogens is 220 g/mol. The van der Waals surface area contributed by atoms with Crippen LogP contribution in [0.25, 0.3) is 0 Å². The molecule has 0 aromatic rings. The maximum Gasteiger partial charge on any atom is 0.159 e. The zero-order valence-electron chi connectivity index (χ0n) is 12.3. The number of unbranched alkanes of at least 4 members (excludes halogenated alkanes) is 1. The second kappa shape index (κ2) is 5.03. The summed E-state index contributed by atoms with van der Waals surface area (Å²) >= 11 is 0. The Morgan fingerprint density at radius 2 is 2.00 bits per heavy atom. The quantitative estimate of drug-likeness (QED) is 0.643. The molecule has 2 aliphatic carbocycles. The largest absolute Gasteiger partial charge is 0.295 e. The third-order valence-electron chi connectivity index (χ3n) is 4.86. The highest BCUT2D eigenvalue weighted by molar-refractivity contribution is 5.99. The minimum atomic E-state index is 0.327. The van der Waals surface area contributed by atoms with E-state index in [9.17, 15) is 4.79 Å². The Bertz CT molecular complexity index is 398. The van der Waals surface area contributed by atoms with Gasteiger partial charge in [0.05, 0.1) is 0 Å². The molecule has 0 N–H and O–H groups in total. The zero-order chi connectivity index (χ0) is 13.3. The lowest BCUT2D eigenvalue weighted by atomic mass is 10.00. The lowest BCUT2D eigenvalue weighted by Crippen LogP contribution is -2.02. The molecular formula is C17H26O. The van der Waals surface area contributed by atoms with Crippen LogP contribution in [0.4, 0.5) is 0 Å². The van der Waals surface area contributed by atoms with E-state index in [2.05, 4.69) is 39.8 Å². The van der Waals surface area contributed by atoms with Gasteiger partial charge in [0.1, 0.15) is 0 Å². The Morgan fingerprint density at radius 3 is 2.56 bits per heavy atom. The van der Waals surface area contributed by atoms with Crippen molar-refractivity contribution in [3.8, 4) is 0 Å². The third-order valence-corrected chi connectivity index (χ3v) is 4.86. The molecule has 0 saturated heterocycles. The van der Waals surface area contributed by atoms with Gasteiger partial charge in [0.25, 0.3) is 0 Å². The number of hydrogen-bond donors (Lipinski definition) is 0. The molecule has 0 spiro atoms. The average Bonchev–Trinajstić information content (AvgIpc) is 2.66. The van der Waals surface area contributed by atoms with E-state index in [1.807, 2.05) is 0 Å². The molecule has 1 heteroatoms. The van der Waals surface area contributed by atoms with E-state index in [1.54, 1.807) is 0 Å². The van der Waals surface area contributed by atoms with Crippen molar-refractivity contribution in [3.63, 3.8) is 0 Å². The van der Waals surface area contributed by atoms with E-state index in [4.69, 9.17) is 0 Å². The molecule has 100 valence electrons. The number of ketones is 1. The van der Waals surface area contributed by atoms with Gasteiger partial charge in [-0.05, 0) is 49.0 Å². The van der Waals surface area contributed by atoms with Gasteiger partial charge in [-0.25, -0.2) is 0 Å². The van der Waals surface area contributed by atoms with Gasteiger partial charge in [-0.1, -0.05) is 44.9 Å². The number of Topliss-reactive ketones (excluding diaryl/α,β-unsaturated/α-hetero) is 1. The number of carbonyl (C=O) groups is 1. The molecule has 1 nitrogen and oxygen atoms in total. The Labute approximate surface area is 111 Å². The van der Waals surface area contributed by atoms with Crippen LogP contribution in [-0.4, -0.2) is 5.78 Å². The summed E-state index contributed by atoms with van der Waals surface area (Å²) in [6, 6.07) is 0. The van der Waals surface area contributed by atoms with Gasteiger partial charge in [-0.3, -0.25) is 4.79 Å². The standard InChI is InChI=1S/C17H26O/c1-5-6-7-8-9-13-16(17(13,3)4)15-12(2)10-11-14(15)18/h7-8,13,16H,5-6,9-11H2,1-4H3. The predicted molar refractivity (Wildman–Crippen MR) is 76.4 cm³/mol. The first-order chi connectivity index (χ1) is 8.50. The fourth-order valence-electron chi connectivity index (χ4n) is 3.53. The summed E-state index contributed by atoms with van der Waals surface area (Å²) in [5, 5.41) is 0. The van der Waals surface area contributed by atoms with Gasteiger partial charge < -0.3 is 0 Å². The topological polar surface area (TPSA) is 17.1 Å². The SMILES string of the molecule is CCCC=CCC1C(C2=C(C)CCC2=O)C1(C)C. The van der Waals surface area contributed by atoms with Gasteiger partial charge in [0.2, 0.25) is 0 Å². The first-order valence-corrected chi connectivity index (χ1v) is 7.38. The maximum atomic E-state index is 12.0. The Hall–Kier alpha value is -0.850. The summed E-state index contributed by atoms with van der Waals surface area (Å²) in [5.41, 5.74) is 2.87. The molecule has 18 heavy (non-hydrogen) atoms. The third kappa shape index (κ3) is 2.32. The lowest BCUT2D eigenvalue weighted by molar-refractivity contribution is -0.115. The molecule has 0 radical (unpaired) electrons. The molecule has 0 aliphatic heterocycles. The molecule has 1 saturated carbocycles. The molecule has 0 aromatic heterocycles. The van der Waals surface area contributed by atoms with Crippen LogP contribution in [-0.2, 0) is 4.79 Å². The summed E-state index contributed by atoms with van der Waals surface area (Å²) < 4.78 is 0. The van der Waals surface area contributed by atoms with Crippen LogP contribution < -0.4 is 0 Å². The smallest absolute Gasteiger partial charge is 0.159 e. The highest BCUT2D eigenvalue weighted by Gasteiger charge is 2.59. The van der Waals surface area contributed by atoms with Gasteiger partial charge in [-0.2, -0.15) is 0 Å². The van der Waals surface area contributed by atoms with Gasteiger partial charge >= 0.3 is 0 Å². The second-order valence-electron chi connectivity index (χ2n) is 6.52. The van der Waals surface area contributed by atoms with Crippen molar-refractivity contribution in [2.24, 2.45) is 17.3 Å². The molecule has 2 atom stereocenters. The minimum Gasteiger partial charge on any atom is -0.295 e. The summed E-state index contributed by atoms with van der Waals surface area (Å²) in [5.74, 6) is 1.63. The fraction of sp³-hybridized carbons (Fsp3) is 0.706. The van der Waals surface area contributed by atoms with E-state index in [1.165, 1.54) is 24.0 Å². The molecule has 2 aliphatic rings. The Balaban J connectivity index is 2.03. The molecule has 0 aromatic carbocycles. The molecule has 0 bridgehead atoms. The average molecular weight is 246 g/mol. The molecule has 0 amide bonds. The predicted octanol–water partition coefficient (Wildman–Crippen LogP) is 4.68. The van der Waals surface area contributed by atoms with Crippen LogP contribution in [0.3, 0.4) is 0 Å². The highest BCUT2D eigenvalue weighted by Crippen LogP contribution is 2.64. The van der Waals surface area contributed by atoms with Crippen molar-refractivity contribution in [1.29, 1.82) is 0 Å². The van der Waals surface area contributed by atoms with Crippen molar-refractivity contribution in [3.05, 3.63) is 23.3 Å². The van der Waals surface area contributed by atoms with Crippen LogP contribution in [0.15, 0.2) is 23.3 Å². The first-order valence-electron chi connectivity index (χ1n) is 7.38. The van der Waals surface area contributed by atoms with Crippen molar-refractivity contribution in [1.82, 2.24) is 0 Å². The van der Waals surface area contributed by atoms with E-state index >= 15 is 0 Å². The van der Waals surface area contributed by atoms with Crippen molar-refractivity contribution in [2.45, 2.75) is 59.8 Å². The van der Waals surface area contributed by atoms with Gasteiger partial charge in [0.15, 0.2) is 5.78 Å². The number of allylic oxidation sites excluding steroid dienone is 4. The number of rotatable bonds is 5. The fourth-order valence-corrected chi connectivity index (χ4v) is 3.53. The summed E-state index contributed by atoms with van der Waals surface area (Å²) in [6.07, 6.45) is 9.91. The molecule has 2 unspecified atom stereocenters. The minimum absolute atomic E-state index is 0.327. The summed E-state index contributed by atoms with van der Waals surface area (Å²) in [7, 11) is 0. The number of hydrogen-bond acceptors (Lipinski definition) is 1. The van der Waals surface area contributed by atoms with Crippen LogP contribution in [0.2, 0.25) is 0 Å². The maximum absolute atomic E-state index is 12.0. The molecule has 0 heterocycles. The van der Waals surface area contributed by atoms with Gasteiger partial charge in [0, 0.05) is 6.42 Å². The van der Waals surface area contributed by atoms with Crippen LogP contribution in [0.5, 0.6) is 0 Å². The normalized spacial score (nSPS) is 30.6. The van der Waals surface area contributed by atoms with Crippen molar-refractivity contribution >= 4 is 5.78 Å². The van der Waals surface area contributed by atoms with E-state index in [0.29, 0.717) is 23.0 Å². The molecule has 1 fully saturated rings. The van der Waals surface area contributed by atoms with Crippen LogP contribution in [0, 0.1) is 17.3 Å². The Kier molecular flexibility index (Phi) is 3.79. The highest BCUT2D eigenvalue weighted by atomic mass is 16.1. The summed E-state index contributed by atoms with van der Waals surface area (Å²) in [4.78, 5) is 12.0. The van der Waals surface area contributed by atoms with Crippen LogP contribution >= 0.6 is 0 Å². The first kappa shape index (κ1) is 13.6. The van der Waals surface area contributed by atoms with E-state index < -0.39 is 0 Å². The Morgan fingerprint density at radius 1 is 1.28 bits per heavy atom. The van der Waals surface area contributed by atoms with Crippen LogP contribution in [0.1, 0.15) is 59.8 Å². The van der Waals surface area contributed by atoms with Crippen molar-refractivity contribution < 1.29 is 4.79 Å². The van der Waals surface area contributed by atoms with E-state index in [0.717, 1.165) is 19.3 Å². The van der Waals surface area contributed by atoms with E-state index in [-0.39, 0.29) is 0 Å². The summed E-state index contributed by atoms with van der Waals surface area (Å²) in [6.45, 7) is 9.00. The molecule has 2 rings (SSSR count). The zero-order valence-corrected chi connectivity index (χ0v) is 12.3. The van der Waals surface area contributed by atoms with Gasteiger partial charge in [-0.15, -0.1) is 0 Å². The monoisotopic (exact) mass is 246 g/mol.